The zero-order valence-corrected chi connectivity index (χ0v) is 15.0. The largest absolute Gasteiger partial charge is 0.353 e. The van der Waals surface area contributed by atoms with E-state index in [1.165, 1.54) is 0 Å². The first kappa shape index (κ1) is 17.4. The maximum absolute atomic E-state index is 12.7. The van der Waals surface area contributed by atoms with Crippen LogP contribution in [0.4, 0.5) is 5.95 Å². The molecule has 0 atom stereocenters. The van der Waals surface area contributed by atoms with Crippen molar-refractivity contribution >= 4 is 17.8 Å². The number of hydrogen-bond donors (Lipinski definition) is 2. The van der Waals surface area contributed by atoms with E-state index in [0.29, 0.717) is 19.0 Å². The van der Waals surface area contributed by atoms with E-state index in [4.69, 9.17) is 0 Å². The molecule has 0 bridgehead atoms. The molecule has 1 aliphatic heterocycles. The van der Waals surface area contributed by atoms with Gasteiger partial charge >= 0.3 is 0 Å². The molecule has 2 amide bonds. The van der Waals surface area contributed by atoms with Crippen LogP contribution in [-0.2, 0) is 9.59 Å². The Morgan fingerprint density at radius 2 is 1.93 bits per heavy atom. The number of hydrogen-bond acceptors (Lipinski definition) is 6. The predicted octanol–water partition coefficient (Wildman–Crippen LogP) is 0.591. The Balaban J connectivity index is 1.33. The summed E-state index contributed by atoms with van der Waals surface area (Å²) in [5, 5.41) is 18.1. The van der Waals surface area contributed by atoms with E-state index in [9.17, 15) is 9.59 Å². The van der Waals surface area contributed by atoms with Crippen LogP contribution in [-0.4, -0.2) is 62.6 Å². The second-order valence-corrected chi connectivity index (χ2v) is 7.05. The smallest absolute Gasteiger partial charge is 0.247 e. The summed E-state index contributed by atoms with van der Waals surface area (Å²) in [6.07, 6.45) is 3.36. The van der Waals surface area contributed by atoms with Crippen molar-refractivity contribution in [1.82, 2.24) is 30.4 Å². The molecule has 0 radical (unpaired) electrons. The fourth-order valence-corrected chi connectivity index (χ4v) is 3.77. The van der Waals surface area contributed by atoms with Crippen molar-refractivity contribution in [3.63, 3.8) is 0 Å². The Bertz CT molecular complexity index is 799. The lowest BCUT2D eigenvalue weighted by molar-refractivity contribution is -0.142. The number of amides is 2. The van der Waals surface area contributed by atoms with Crippen molar-refractivity contribution in [3.05, 3.63) is 30.3 Å². The fraction of sp³-hybridized carbons (Fsp3) is 0.500. The Morgan fingerprint density at radius 3 is 2.67 bits per heavy atom. The summed E-state index contributed by atoms with van der Waals surface area (Å²) in [5.74, 6) is 0.651. The van der Waals surface area contributed by atoms with Gasteiger partial charge in [0.25, 0.3) is 0 Å². The number of nitrogens with one attached hydrogen (secondary N) is 2. The molecule has 1 aromatic heterocycles. The third-order valence-corrected chi connectivity index (χ3v) is 5.23. The lowest BCUT2D eigenvalue weighted by Gasteiger charge is -2.34. The number of tetrazole rings is 1. The number of carbonyl (C=O) groups is 2. The van der Waals surface area contributed by atoms with Gasteiger partial charge in [-0.2, -0.15) is 4.68 Å². The number of carbonyl (C=O) groups excluding carboxylic acids is 2. The first-order chi connectivity index (χ1) is 13.2. The van der Waals surface area contributed by atoms with Crippen LogP contribution in [0.5, 0.6) is 0 Å². The monoisotopic (exact) mass is 369 g/mol. The lowest BCUT2D eigenvalue weighted by Crippen LogP contribution is -2.52. The predicted molar refractivity (Wildman–Crippen MR) is 98.1 cm³/mol. The highest BCUT2D eigenvalue weighted by Crippen LogP contribution is 2.28. The third kappa shape index (κ3) is 3.91. The SMILES string of the molecule is O=C1CN(C(=O)C2CCC(Nc3nnnn3-c3ccccc3)CC2)CCN1. The lowest BCUT2D eigenvalue weighted by atomic mass is 9.85. The molecule has 1 saturated heterocycles. The third-order valence-electron chi connectivity index (χ3n) is 5.23. The zero-order valence-electron chi connectivity index (χ0n) is 15.0. The molecule has 1 saturated carbocycles. The average molecular weight is 369 g/mol. The Hall–Kier alpha value is -2.97. The van der Waals surface area contributed by atoms with Crippen LogP contribution in [0.15, 0.2) is 30.3 Å². The number of nitrogens with zero attached hydrogens (tertiary/aromatic N) is 5. The topological polar surface area (TPSA) is 105 Å². The van der Waals surface area contributed by atoms with Gasteiger partial charge in [-0.3, -0.25) is 9.59 Å². The number of piperazine rings is 1. The summed E-state index contributed by atoms with van der Waals surface area (Å²) in [6, 6.07) is 9.96. The summed E-state index contributed by atoms with van der Waals surface area (Å²) in [5.41, 5.74) is 0.900. The minimum atomic E-state index is -0.0716. The second kappa shape index (κ2) is 7.73. The summed E-state index contributed by atoms with van der Waals surface area (Å²) < 4.78 is 1.68. The van der Waals surface area contributed by atoms with Gasteiger partial charge < -0.3 is 15.5 Å². The standard InChI is InChI=1S/C18H23N7O2/c26-16-12-24(11-10-19-16)17(27)13-6-8-14(9-7-13)20-18-21-22-23-25(18)15-4-2-1-3-5-15/h1-5,13-14H,6-12H2,(H,19,26)(H,20,21,23). The van der Waals surface area contributed by atoms with Gasteiger partial charge in [0.2, 0.25) is 17.8 Å². The molecule has 2 fully saturated rings. The van der Waals surface area contributed by atoms with Crippen molar-refractivity contribution in [2.45, 2.75) is 31.7 Å². The van der Waals surface area contributed by atoms with Gasteiger partial charge in [0.05, 0.1) is 12.2 Å². The molecule has 27 heavy (non-hydrogen) atoms. The number of rotatable bonds is 4. The van der Waals surface area contributed by atoms with Gasteiger partial charge in [-0.1, -0.05) is 23.3 Å². The quantitative estimate of drug-likeness (QED) is 0.817. The Morgan fingerprint density at radius 1 is 1.15 bits per heavy atom. The molecule has 0 spiro atoms. The van der Waals surface area contributed by atoms with Gasteiger partial charge in [-0.15, -0.1) is 0 Å². The molecule has 4 rings (SSSR count). The molecule has 9 nitrogen and oxygen atoms in total. The molecule has 0 unspecified atom stereocenters. The zero-order chi connectivity index (χ0) is 18.6. The number of benzene rings is 1. The molecular weight excluding hydrogens is 346 g/mol. The van der Waals surface area contributed by atoms with Gasteiger partial charge in [0.1, 0.15) is 0 Å². The van der Waals surface area contributed by atoms with E-state index in [1.807, 2.05) is 30.3 Å². The van der Waals surface area contributed by atoms with Crippen molar-refractivity contribution in [2.24, 2.45) is 5.92 Å². The Labute approximate surface area is 157 Å². The Kier molecular flexibility index (Phi) is 4.99. The fourth-order valence-electron chi connectivity index (χ4n) is 3.77. The van der Waals surface area contributed by atoms with Crippen LogP contribution in [0.3, 0.4) is 0 Å². The molecule has 2 heterocycles. The van der Waals surface area contributed by atoms with E-state index in [0.717, 1.165) is 31.4 Å². The normalized spacial score (nSPS) is 23.0. The van der Waals surface area contributed by atoms with E-state index in [2.05, 4.69) is 26.2 Å². The van der Waals surface area contributed by atoms with Crippen molar-refractivity contribution in [3.8, 4) is 5.69 Å². The summed E-state index contributed by atoms with van der Waals surface area (Å²) in [4.78, 5) is 25.8. The van der Waals surface area contributed by atoms with Crippen LogP contribution in [0, 0.1) is 5.92 Å². The maximum Gasteiger partial charge on any atom is 0.247 e. The highest BCUT2D eigenvalue weighted by atomic mass is 16.2. The van der Waals surface area contributed by atoms with Crippen molar-refractivity contribution in [1.29, 1.82) is 0 Å². The van der Waals surface area contributed by atoms with Crippen LogP contribution >= 0.6 is 0 Å². The van der Waals surface area contributed by atoms with Gasteiger partial charge in [0.15, 0.2) is 0 Å². The van der Waals surface area contributed by atoms with Crippen molar-refractivity contribution < 1.29 is 9.59 Å². The summed E-state index contributed by atoms with van der Waals surface area (Å²) in [7, 11) is 0. The molecule has 1 aromatic carbocycles. The number of aromatic nitrogens is 4. The van der Waals surface area contributed by atoms with E-state index >= 15 is 0 Å². The molecule has 2 N–H and O–H groups in total. The highest BCUT2D eigenvalue weighted by Gasteiger charge is 2.31. The van der Waals surface area contributed by atoms with E-state index < -0.39 is 0 Å². The number of para-hydroxylation sites is 1. The molecular formula is C18H23N7O2. The van der Waals surface area contributed by atoms with Gasteiger partial charge in [-0.25, -0.2) is 0 Å². The van der Waals surface area contributed by atoms with E-state index in [1.54, 1.807) is 9.58 Å². The van der Waals surface area contributed by atoms with Crippen LogP contribution < -0.4 is 10.6 Å². The first-order valence-electron chi connectivity index (χ1n) is 9.36. The number of anilines is 1. The highest BCUT2D eigenvalue weighted by molar-refractivity contribution is 5.87. The minimum absolute atomic E-state index is 0.000863. The van der Waals surface area contributed by atoms with E-state index in [-0.39, 0.29) is 30.3 Å². The molecule has 142 valence electrons. The van der Waals surface area contributed by atoms with Gasteiger partial charge in [-0.05, 0) is 48.2 Å². The van der Waals surface area contributed by atoms with Crippen molar-refractivity contribution in [2.75, 3.05) is 25.0 Å². The average Bonchev–Trinajstić information content (AvgIpc) is 3.17. The second-order valence-electron chi connectivity index (χ2n) is 7.05. The minimum Gasteiger partial charge on any atom is -0.353 e. The summed E-state index contributed by atoms with van der Waals surface area (Å²) >= 11 is 0. The summed E-state index contributed by atoms with van der Waals surface area (Å²) in [6.45, 7) is 1.33. The maximum atomic E-state index is 12.7. The molecule has 2 aliphatic rings. The molecule has 9 heteroatoms. The molecule has 2 aromatic rings. The first-order valence-corrected chi connectivity index (χ1v) is 9.36. The molecule has 1 aliphatic carbocycles. The van der Waals surface area contributed by atoms with Crippen LogP contribution in [0.25, 0.3) is 5.69 Å². The van der Waals surface area contributed by atoms with Crippen LogP contribution in [0.2, 0.25) is 0 Å². The van der Waals surface area contributed by atoms with Crippen LogP contribution in [0.1, 0.15) is 25.7 Å². The van der Waals surface area contributed by atoms with Gasteiger partial charge in [0, 0.05) is 25.0 Å².